The van der Waals surface area contributed by atoms with Crippen molar-refractivity contribution in [2.45, 2.75) is 41.0 Å². The van der Waals surface area contributed by atoms with E-state index in [0.29, 0.717) is 10.9 Å². The number of H-pyrrole nitrogens is 1. The summed E-state index contributed by atoms with van der Waals surface area (Å²) < 4.78 is 3.13. The summed E-state index contributed by atoms with van der Waals surface area (Å²) in [7, 11) is 0. The van der Waals surface area contributed by atoms with Crippen molar-refractivity contribution >= 4 is 44.3 Å². The molecule has 0 saturated carbocycles. The van der Waals surface area contributed by atoms with Crippen molar-refractivity contribution in [2.24, 2.45) is 0 Å². The first-order valence-corrected chi connectivity index (χ1v) is 8.96. The summed E-state index contributed by atoms with van der Waals surface area (Å²) in [6, 6.07) is 5.54. The average molecular weight is 450 g/mol. The van der Waals surface area contributed by atoms with E-state index in [2.05, 4.69) is 26.2 Å². The second-order valence-corrected chi connectivity index (χ2v) is 7.85. The molecule has 1 aliphatic heterocycles. The maximum absolute atomic E-state index is 11.6. The van der Waals surface area contributed by atoms with E-state index >= 15 is 0 Å². The molecule has 6 N–H and O–H groups in total. The number of para-hydroxylation sites is 1. The van der Waals surface area contributed by atoms with Crippen molar-refractivity contribution in [3.63, 3.8) is 0 Å². The zero-order valence-corrected chi connectivity index (χ0v) is 15.9. The van der Waals surface area contributed by atoms with Gasteiger partial charge in [0.25, 0.3) is 0 Å². The van der Waals surface area contributed by atoms with Crippen molar-refractivity contribution in [3.05, 3.63) is 36.0 Å². The molecule has 1 amide bonds. The van der Waals surface area contributed by atoms with Gasteiger partial charge in [0, 0.05) is 29.6 Å². The van der Waals surface area contributed by atoms with Gasteiger partial charge in [-0.3, -0.25) is 4.79 Å². The molecular weight excluding hydrogens is 432 g/mol. The van der Waals surface area contributed by atoms with Gasteiger partial charge < -0.3 is 35.5 Å². The smallest absolute Gasteiger partial charge is 0.217 e. The molecule has 1 aromatic carbocycles. The maximum atomic E-state index is 11.6. The minimum absolute atomic E-state index is 0.197. The Hall–Kier alpha value is -1.20. The van der Waals surface area contributed by atoms with Crippen LogP contribution in [0.25, 0.3) is 10.9 Å². The molecular formula is C16H18BrClN2O6. The number of ether oxygens (including phenoxy) is 1. The summed E-state index contributed by atoms with van der Waals surface area (Å²) in [6.45, 7) is 1.20. The second-order valence-electron chi connectivity index (χ2n) is 6.20. The van der Waals surface area contributed by atoms with Crippen LogP contribution in [0.5, 0.6) is 0 Å². The minimum Gasteiger partial charge on any atom is -0.386 e. The van der Waals surface area contributed by atoms with E-state index in [-0.39, 0.29) is 5.56 Å². The molecule has 2 heterocycles. The van der Waals surface area contributed by atoms with Gasteiger partial charge in [0.15, 0.2) is 16.4 Å². The number of rotatable bonds is 3. The van der Waals surface area contributed by atoms with E-state index in [9.17, 15) is 25.2 Å². The number of halogens is 2. The Bertz CT molecular complexity index is 832. The SMILES string of the molecule is CC(=O)N[C@H]1C(O)O[C@](Br)(C(O)Cl)[C@@H](O)[C@@]1(O)c1c[nH]c2ccccc12. The van der Waals surface area contributed by atoms with Crippen molar-refractivity contribution in [3.8, 4) is 0 Å². The molecule has 0 radical (unpaired) electrons. The molecule has 3 rings (SSSR count). The van der Waals surface area contributed by atoms with Gasteiger partial charge in [-0.2, -0.15) is 0 Å². The first kappa shape index (κ1) is 19.6. The zero-order valence-electron chi connectivity index (χ0n) is 13.6. The Labute approximate surface area is 161 Å². The van der Waals surface area contributed by atoms with E-state index < -0.39 is 40.0 Å². The Morgan fingerprint density at radius 1 is 1.42 bits per heavy atom. The lowest BCUT2D eigenvalue weighted by Gasteiger charge is -2.52. The van der Waals surface area contributed by atoms with Crippen molar-refractivity contribution in [1.29, 1.82) is 0 Å². The number of aliphatic hydroxyl groups excluding tert-OH is 3. The molecule has 1 fully saturated rings. The Morgan fingerprint density at radius 2 is 2.08 bits per heavy atom. The topological polar surface area (TPSA) is 135 Å². The number of aromatic amines is 1. The summed E-state index contributed by atoms with van der Waals surface area (Å²) >= 11 is 8.71. The number of benzene rings is 1. The zero-order chi connectivity index (χ0) is 19.3. The van der Waals surface area contributed by atoms with Crippen LogP contribution in [0.4, 0.5) is 0 Å². The fourth-order valence-electron chi connectivity index (χ4n) is 3.31. The average Bonchev–Trinajstić information content (AvgIpc) is 3.01. The van der Waals surface area contributed by atoms with E-state index in [1.54, 1.807) is 24.3 Å². The van der Waals surface area contributed by atoms with Crippen molar-refractivity contribution in [2.75, 3.05) is 0 Å². The summed E-state index contributed by atoms with van der Waals surface area (Å²) in [5, 5.41) is 45.7. The molecule has 10 heteroatoms. The molecule has 8 nitrogen and oxygen atoms in total. The van der Waals surface area contributed by atoms with Crippen LogP contribution in [0.1, 0.15) is 12.5 Å². The fraction of sp³-hybridized carbons (Fsp3) is 0.438. The van der Waals surface area contributed by atoms with Gasteiger partial charge in [-0.15, -0.1) is 0 Å². The van der Waals surface area contributed by atoms with E-state index in [1.165, 1.54) is 13.1 Å². The van der Waals surface area contributed by atoms with Crippen LogP contribution in [-0.2, 0) is 15.1 Å². The van der Waals surface area contributed by atoms with Gasteiger partial charge in [-0.1, -0.05) is 29.8 Å². The second kappa shape index (κ2) is 6.75. The van der Waals surface area contributed by atoms with E-state index in [4.69, 9.17) is 16.3 Å². The van der Waals surface area contributed by atoms with Crippen LogP contribution in [0.2, 0.25) is 0 Å². The van der Waals surface area contributed by atoms with Gasteiger partial charge in [0.2, 0.25) is 5.91 Å². The molecule has 0 aliphatic carbocycles. The molecule has 2 aromatic rings. The van der Waals surface area contributed by atoms with Crippen molar-refractivity contribution < 1.29 is 30.0 Å². The third-order valence-electron chi connectivity index (χ3n) is 4.55. The molecule has 0 bridgehead atoms. The lowest BCUT2D eigenvalue weighted by molar-refractivity contribution is -0.305. The predicted octanol–water partition coefficient (Wildman–Crippen LogP) is 0.218. The van der Waals surface area contributed by atoms with Gasteiger partial charge in [0.05, 0.1) is 0 Å². The number of nitrogens with one attached hydrogen (secondary N) is 2. The number of hydrogen-bond acceptors (Lipinski definition) is 6. The minimum atomic E-state index is -2.25. The maximum Gasteiger partial charge on any atom is 0.217 e. The first-order valence-electron chi connectivity index (χ1n) is 7.73. The van der Waals surface area contributed by atoms with Crippen molar-refractivity contribution in [1.82, 2.24) is 10.3 Å². The third-order valence-corrected chi connectivity index (χ3v) is 6.20. The van der Waals surface area contributed by atoms with Crippen LogP contribution < -0.4 is 5.32 Å². The third kappa shape index (κ3) is 2.84. The molecule has 26 heavy (non-hydrogen) atoms. The molecule has 2 unspecified atom stereocenters. The van der Waals surface area contributed by atoms with E-state index in [0.717, 1.165) is 0 Å². The highest BCUT2D eigenvalue weighted by atomic mass is 79.9. The Morgan fingerprint density at radius 3 is 2.69 bits per heavy atom. The Balaban J connectivity index is 2.23. The molecule has 6 atom stereocenters. The predicted molar refractivity (Wildman–Crippen MR) is 96.4 cm³/mol. The number of fused-ring (bicyclic) bond motifs is 1. The van der Waals surface area contributed by atoms with Gasteiger partial charge in [-0.05, 0) is 22.0 Å². The molecule has 1 saturated heterocycles. The monoisotopic (exact) mass is 448 g/mol. The van der Waals surface area contributed by atoms with E-state index in [1.807, 2.05) is 0 Å². The fourth-order valence-corrected chi connectivity index (χ4v) is 4.02. The quantitative estimate of drug-likeness (QED) is 0.371. The number of alkyl halides is 2. The highest BCUT2D eigenvalue weighted by Crippen LogP contribution is 2.48. The van der Waals surface area contributed by atoms with Crippen LogP contribution in [0.15, 0.2) is 30.5 Å². The summed E-state index contributed by atoms with van der Waals surface area (Å²) in [4.78, 5) is 14.6. The number of carbonyl (C=O) groups is 1. The van der Waals surface area contributed by atoms with Gasteiger partial charge in [-0.25, -0.2) is 0 Å². The van der Waals surface area contributed by atoms with Crippen LogP contribution in [0, 0.1) is 0 Å². The van der Waals surface area contributed by atoms with Gasteiger partial charge in [0.1, 0.15) is 17.7 Å². The first-order chi connectivity index (χ1) is 12.1. The van der Waals surface area contributed by atoms with Crippen LogP contribution >= 0.6 is 27.5 Å². The summed E-state index contributed by atoms with van der Waals surface area (Å²) in [5.41, 5.74) is -3.20. The number of carbonyl (C=O) groups excluding carboxylic acids is 1. The van der Waals surface area contributed by atoms with Crippen LogP contribution in [0.3, 0.4) is 0 Å². The highest BCUT2D eigenvalue weighted by molar-refractivity contribution is 9.10. The molecule has 1 aromatic heterocycles. The number of hydrogen-bond donors (Lipinski definition) is 6. The number of aromatic nitrogens is 1. The molecule has 1 aliphatic rings. The standard InChI is InChI=1S/C16H18BrClN2O6/c1-7(21)20-11-12(22)26-16(17,14(18)24)13(23)15(11,25)9-6-19-10-5-3-2-4-8(9)10/h2-6,11-14,19,22-25H,1H3,(H,20,21)/t11-,12?,13-,14?,15+,16-/m0/s1. The molecule has 0 spiro atoms. The number of aliphatic hydroxyl groups is 4. The van der Waals surface area contributed by atoms with Gasteiger partial charge >= 0.3 is 0 Å². The lowest BCUT2D eigenvalue weighted by atomic mass is 9.76. The highest BCUT2D eigenvalue weighted by Gasteiger charge is 2.65. The summed E-state index contributed by atoms with van der Waals surface area (Å²) in [6.07, 6.45) is -2.19. The lowest BCUT2D eigenvalue weighted by Crippen LogP contribution is -2.73. The largest absolute Gasteiger partial charge is 0.386 e. The molecule has 142 valence electrons. The van der Waals surface area contributed by atoms with Crippen LogP contribution in [-0.4, -0.2) is 59.8 Å². The Kier molecular flexibility index (Phi) is 5.08. The normalized spacial score (nSPS) is 36.0. The number of amides is 1. The summed E-state index contributed by atoms with van der Waals surface area (Å²) in [5.74, 6) is -0.559.